The zero-order valence-electron chi connectivity index (χ0n) is 6.48. The van der Waals surface area contributed by atoms with E-state index in [1.54, 1.807) is 0 Å². The molecule has 11 heavy (non-hydrogen) atoms. The first-order chi connectivity index (χ1) is 5.15. The van der Waals surface area contributed by atoms with E-state index < -0.39 is 0 Å². The number of hydrogen-bond donors (Lipinski definition) is 1. The number of rotatable bonds is 3. The van der Waals surface area contributed by atoms with E-state index in [1.165, 1.54) is 7.05 Å². The molecule has 0 aromatic rings. The van der Waals surface area contributed by atoms with Crippen molar-refractivity contribution in [3.8, 4) is 0 Å². The molecule has 1 aliphatic rings. The quantitative estimate of drug-likeness (QED) is 0.387. The fourth-order valence-electron chi connectivity index (χ4n) is 0.770. The minimum absolute atomic E-state index is 0.0543. The topological polar surface area (TPSA) is 64.8 Å². The van der Waals surface area contributed by atoms with Gasteiger partial charge in [-0.3, -0.25) is 0 Å². The van der Waals surface area contributed by atoms with Crippen LogP contribution in [0.1, 0.15) is 6.92 Å². The second-order valence-electron chi connectivity index (χ2n) is 2.24. The van der Waals surface area contributed by atoms with Gasteiger partial charge in [0.2, 0.25) is 0 Å². The zero-order valence-corrected chi connectivity index (χ0v) is 7.30. The van der Waals surface area contributed by atoms with E-state index >= 15 is 0 Å². The van der Waals surface area contributed by atoms with Gasteiger partial charge in [-0.25, -0.2) is 0 Å². The Kier molecular flexibility index (Phi) is 2.91. The fraction of sp³-hybridized carbons (Fsp3) is 0.667. The highest BCUT2D eigenvalue weighted by atomic mass is 32.2. The summed E-state index contributed by atoms with van der Waals surface area (Å²) >= 11 is 1.11. The highest BCUT2D eigenvalue weighted by Crippen LogP contribution is 2.33. The van der Waals surface area contributed by atoms with Crippen LogP contribution in [0.25, 0.3) is 0 Å². The number of nitrogens with zero attached hydrogens (tertiary/aromatic N) is 1. The number of epoxide rings is 1. The van der Waals surface area contributed by atoms with Gasteiger partial charge >= 0.3 is 0 Å². The van der Waals surface area contributed by atoms with Crippen molar-refractivity contribution < 1.29 is 4.74 Å². The minimum atomic E-state index is -0.214. The molecule has 2 N–H and O–H groups in total. The van der Waals surface area contributed by atoms with Gasteiger partial charge < -0.3 is 20.1 Å². The normalized spacial score (nSPS) is 31.2. The Morgan fingerprint density at radius 1 is 1.82 bits per heavy atom. The van der Waals surface area contributed by atoms with Crippen molar-refractivity contribution in [3.63, 3.8) is 0 Å². The van der Waals surface area contributed by atoms with Crippen molar-refractivity contribution in [2.24, 2.45) is 5.73 Å². The number of hydrogen-bond acceptors (Lipinski definition) is 5. The summed E-state index contributed by atoms with van der Waals surface area (Å²) in [5, 5.41) is 10.6. The smallest absolute Gasteiger partial charge is 0.138 e. The molecule has 0 aliphatic carbocycles. The number of ether oxygens (including phenoxy) is 1. The molecule has 0 spiro atoms. The predicted molar refractivity (Wildman–Crippen MR) is 45.3 cm³/mol. The van der Waals surface area contributed by atoms with Crippen LogP contribution in [-0.2, 0) is 4.74 Å². The third-order valence-electron chi connectivity index (χ3n) is 1.32. The van der Waals surface area contributed by atoms with Crippen LogP contribution >= 0.6 is 11.9 Å². The van der Waals surface area contributed by atoms with Crippen LogP contribution in [-0.4, -0.2) is 23.8 Å². The molecule has 5 heteroatoms. The van der Waals surface area contributed by atoms with E-state index in [0.717, 1.165) is 21.3 Å². The minimum Gasteiger partial charge on any atom is -0.776 e. The highest BCUT2D eigenvalue weighted by molar-refractivity contribution is 8.00. The standard InChI is InChI=1S/C6H11N2O2S/c1-3-4(11-8(2)9)5-6(7)10-5/h3,5-6H,7H2,1-2H3/q-1/b4-3+. The molecule has 1 fully saturated rings. The largest absolute Gasteiger partial charge is 0.776 e. The summed E-state index contributed by atoms with van der Waals surface area (Å²) in [5.41, 5.74) is 5.42. The second-order valence-corrected chi connectivity index (χ2v) is 3.41. The molecular formula is C6H11N2O2S-. The van der Waals surface area contributed by atoms with E-state index in [2.05, 4.69) is 0 Å². The van der Waals surface area contributed by atoms with Crippen LogP contribution in [0.4, 0.5) is 0 Å². The van der Waals surface area contributed by atoms with Crippen LogP contribution in [0.15, 0.2) is 11.0 Å². The van der Waals surface area contributed by atoms with Gasteiger partial charge in [0.25, 0.3) is 0 Å². The van der Waals surface area contributed by atoms with Crippen molar-refractivity contribution >= 4 is 11.9 Å². The second kappa shape index (κ2) is 3.55. The zero-order chi connectivity index (χ0) is 8.43. The Morgan fingerprint density at radius 2 is 2.36 bits per heavy atom. The molecule has 64 valence electrons. The number of nitrogens with two attached hydrogens (primary N) is 1. The van der Waals surface area contributed by atoms with Gasteiger partial charge in [0.15, 0.2) is 0 Å². The van der Waals surface area contributed by atoms with Gasteiger partial charge in [0, 0.05) is 4.91 Å². The van der Waals surface area contributed by atoms with E-state index in [1.807, 2.05) is 13.0 Å². The molecule has 0 aromatic carbocycles. The lowest BCUT2D eigenvalue weighted by Gasteiger charge is -2.20. The van der Waals surface area contributed by atoms with Crippen molar-refractivity contribution in [3.05, 3.63) is 16.2 Å². The lowest BCUT2D eigenvalue weighted by Crippen LogP contribution is -2.08. The van der Waals surface area contributed by atoms with E-state index in [4.69, 9.17) is 10.5 Å². The molecule has 0 saturated carbocycles. The molecule has 4 nitrogen and oxygen atoms in total. The first-order valence-corrected chi connectivity index (χ1v) is 4.08. The van der Waals surface area contributed by atoms with Crippen LogP contribution in [0.2, 0.25) is 0 Å². The SMILES string of the molecule is C/C=C(/SN(C)[O-])C1OC1N. The molecular weight excluding hydrogens is 164 g/mol. The molecule has 1 rings (SSSR count). The van der Waals surface area contributed by atoms with Crippen molar-refractivity contribution in [2.45, 2.75) is 19.3 Å². The summed E-state index contributed by atoms with van der Waals surface area (Å²) in [6.45, 7) is 1.86. The summed E-state index contributed by atoms with van der Waals surface area (Å²) in [5.74, 6) is 0. The Labute approximate surface area is 70.1 Å². The van der Waals surface area contributed by atoms with Crippen LogP contribution < -0.4 is 5.73 Å². The Bertz CT molecular complexity index is 172. The van der Waals surface area contributed by atoms with Gasteiger partial charge in [-0.15, -0.1) is 0 Å². The third kappa shape index (κ3) is 2.46. The van der Waals surface area contributed by atoms with E-state index in [0.29, 0.717) is 0 Å². The molecule has 0 aromatic heterocycles. The summed E-state index contributed by atoms with van der Waals surface area (Å²) in [4.78, 5) is 0.884. The maximum atomic E-state index is 10.6. The summed E-state index contributed by atoms with van der Waals surface area (Å²) in [7, 11) is 1.45. The van der Waals surface area contributed by atoms with Gasteiger partial charge in [0.1, 0.15) is 12.3 Å². The van der Waals surface area contributed by atoms with Gasteiger partial charge in [0.05, 0.1) is 0 Å². The Balaban J connectivity index is 2.39. The molecule has 1 heterocycles. The molecule has 2 unspecified atom stereocenters. The lowest BCUT2D eigenvalue weighted by molar-refractivity contribution is 0.392. The van der Waals surface area contributed by atoms with Gasteiger partial charge in [-0.05, 0) is 14.0 Å². The molecule has 0 amide bonds. The number of allylic oxidation sites excluding steroid dienone is 1. The maximum Gasteiger partial charge on any atom is 0.138 e. The van der Waals surface area contributed by atoms with Gasteiger partial charge in [-0.1, -0.05) is 18.0 Å². The van der Waals surface area contributed by atoms with Crippen LogP contribution in [0, 0.1) is 5.21 Å². The maximum absolute atomic E-state index is 10.6. The average molecular weight is 175 g/mol. The molecule has 0 bridgehead atoms. The van der Waals surface area contributed by atoms with Crippen LogP contribution in [0.3, 0.4) is 0 Å². The third-order valence-corrected chi connectivity index (χ3v) is 2.26. The fourth-order valence-corrected chi connectivity index (χ4v) is 1.47. The monoisotopic (exact) mass is 175 g/mol. The Morgan fingerprint density at radius 3 is 2.64 bits per heavy atom. The van der Waals surface area contributed by atoms with Crippen molar-refractivity contribution in [1.82, 2.24) is 4.47 Å². The molecule has 2 atom stereocenters. The van der Waals surface area contributed by atoms with Crippen molar-refractivity contribution in [2.75, 3.05) is 7.05 Å². The predicted octanol–water partition coefficient (Wildman–Crippen LogP) is 0.652. The average Bonchev–Trinajstić information content (AvgIpc) is 2.61. The lowest BCUT2D eigenvalue weighted by atomic mass is 10.4. The van der Waals surface area contributed by atoms with E-state index in [-0.39, 0.29) is 12.3 Å². The Hall–Kier alpha value is -0.0700. The molecule has 1 aliphatic heterocycles. The van der Waals surface area contributed by atoms with Gasteiger partial charge in [-0.2, -0.15) is 0 Å². The van der Waals surface area contributed by atoms with Crippen molar-refractivity contribution in [1.29, 1.82) is 0 Å². The molecule has 0 radical (unpaired) electrons. The summed E-state index contributed by atoms with van der Waals surface area (Å²) in [6.07, 6.45) is 1.58. The summed E-state index contributed by atoms with van der Waals surface area (Å²) < 4.78 is 5.78. The first-order valence-electron chi connectivity index (χ1n) is 3.31. The first kappa shape index (κ1) is 9.02. The van der Waals surface area contributed by atoms with E-state index in [9.17, 15) is 5.21 Å². The van der Waals surface area contributed by atoms with Crippen LogP contribution in [0.5, 0.6) is 0 Å². The molecule has 1 saturated heterocycles. The highest BCUT2D eigenvalue weighted by Gasteiger charge is 2.38. The number of hydroxylamine groups is 1. The summed E-state index contributed by atoms with van der Waals surface area (Å²) in [6, 6.07) is 0.